The first-order chi connectivity index (χ1) is 4.42. The topological polar surface area (TPSA) is 69.1 Å². The predicted molar refractivity (Wildman–Crippen MR) is 48.1 cm³/mol. The lowest BCUT2D eigenvalue weighted by molar-refractivity contribution is -0.122. The summed E-state index contributed by atoms with van der Waals surface area (Å²) in [6.45, 7) is 1.57. The average Bonchev–Trinajstić information content (AvgIpc) is 1.86. The van der Waals surface area contributed by atoms with Crippen molar-refractivity contribution in [2.24, 2.45) is 11.5 Å². The Labute approximate surface area is 70.3 Å². The Morgan fingerprint density at radius 2 is 2.20 bits per heavy atom. The third-order valence-corrected chi connectivity index (χ3v) is 3.37. The lowest BCUT2D eigenvalue weighted by atomic mass is 10.1. The highest BCUT2D eigenvalue weighted by molar-refractivity contribution is 8.10. The number of rotatable bonds is 3. The summed E-state index contributed by atoms with van der Waals surface area (Å²) >= 11 is 5.49. The van der Waals surface area contributed by atoms with Crippen molar-refractivity contribution < 1.29 is 4.79 Å². The van der Waals surface area contributed by atoms with E-state index in [0.29, 0.717) is 0 Å². The molecule has 0 heterocycles. The summed E-state index contributed by atoms with van der Waals surface area (Å²) in [6, 6.07) is 0. The van der Waals surface area contributed by atoms with Crippen molar-refractivity contribution in [3.63, 3.8) is 0 Å². The van der Waals surface area contributed by atoms with E-state index in [-0.39, 0.29) is 4.58 Å². The third-order valence-electron chi connectivity index (χ3n) is 1.27. The lowest BCUT2D eigenvalue weighted by Crippen LogP contribution is -2.54. The van der Waals surface area contributed by atoms with Crippen molar-refractivity contribution in [3.8, 4) is 0 Å². The molecule has 0 aromatic heterocycles. The van der Waals surface area contributed by atoms with Gasteiger partial charge in [0, 0.05) is 0 Å². The van der Waals surface area contributed by atoms with E-state index in [9.17, 15) is 4.79 Å². The highest BCUT2D eigenvalue weighted by Gasteiger charge is 2.32. The fourth-order valence-electron chi connectivity index (χ4n) is 0.367. The van der Waals surface area contributed by atoms with Crippen LogP contribution in [0.25, 0.3) is 0 Å². The number of carbonyl (C=O) groups is 1. The van der Waals surface area contributed by atoms with Crippen molar-refractivity contribution in [2.75, 3.05) is 6.26 Å². The number of nitrogens with two attached hydrogens (primary N) is 2. The molecule has 0 saturated heterocycles. The van der Waals surface area contributed by atoms with Gasteiger partial charge in [-0.15, -0.1) is 11.8 Å². The standard InChI is InChI=1S/C5H12N2OS2/c1-5(7,3(6)8)4(9)10-2/h4,9H,7H2,1-2H3,(H2,6,8)/t4?,5-/m1/s1. The Kier molecular flexibility index (Phi) is 3.55. The molecular weight excluding hydrogens is 168 g/mol. The first kappa shape index (κ1) is 10.1. The Bertz CT molecular complexity index is 138. The molecular formula is C5H12N2OS2. The molecule has 0 aliphatic rings. The van der Waals surface area contributed by atoms with Gasteiger partial charge in [-0.25, -0.2) is 0 Å². The largest absolute Gasteiger partial charge is 0.368 e. The van der Waals surface area contributed by atoms with E-state index in [2.05, 4.69) is 12.6 Å². The average molecular weight is 180 g/mol. The first-order valence-electron chi connectivity index (χ1n) is 2.72. The molecule has 0 aliphatic carbocycles. The van der Waals surface area contributed by atoms with E-state index in [4.69, 9.17) is 11.5 Å². The van der Waals surface area contributed by atoms with Gasteiger partial charge in [-0.2, -0.15) is 12.6 Å². The zero-order valence-corrected chi connectivity index (χ0v) is 7.71. The van der Waals surface area contributed by atoms with Gasteiger partial charge in [0.15, 0.2) is 0 Å². The second-order valence-corrected chi connectivity index (χ2v) is 4.04. The van der Waals surface area contributed by atoms with Gasteiger partial charge in [0.05, 0.1) is 4.58 Å². The lowest BCUT2D eigenvalue weighted by Gasteiger charge is -2.25. The van der Waals surface area contributed by atoms with Gasteiger partial charge in [0.2, 0.25) is 5.91 Å². The number of thiol groups is 1. The number of carbonyl (C=O) groups excluding carboxylic acids is 1. The summed E-state index contributed by atoms with van der Waals surface area (Å²) in [7, 11) is 0. The maximum atomic E-state index is 10.7. The van der Waals surface area contributed by atoms with Crippen LogP contribution in [0.1, 0.15) is 6.92 Å². The summed E-state index contributed by atoms with van der Waals surface area (Å²) in [5, 5.41) is 0. The van der Waals surface area contributed by atoms with E-state index >= 15 is 0 Å². The Hall–Kier alpha value is 0.130. The van der Waals surface area contributed by atoms with Crippen LogP contribution in [0.15, 0.2) is 0 Å². The SMILES string of the molecule is CSC(S)[C@](C)(N)C(N)=O. The van der Waals surface area contributed by atoms with Crippen LogP contribution in [0, 0.1) is 0 Å². The first-order valence-corrected chi connectivity index (χ1v) is 4.53. The Morgan fingerprint density at radius 1 is 1.80 bits per heavy atom. The van der Waals surface area contributed by atoms with Gasteiger partial charge in [-0.3, -0.25) is 4.79 Å². The van der Waals surface area contributed by atoms with Crippen LogP contribution in [-0.2, 0) is 4.79 Å². The van der Waals surface area contributed by atoms with Gasteiger partial charge < -0.3 is 11.5 Å². The molecule has 0 radical (unpaired) electrons. The smallest absolute Gasteiger partial charge is 0.239 e. The molecule has 0 aromatic rings. The highest BCUT2D eigenvalue weighted by Crippen LogP contribution is 2.21. The second-order valence-electron chi connectivity index (χ2n) is 2.24. The number of primary amides is 1. The Morgan fingerprint density at radius 3 is 2.30 bits per heavy atom. The van der Waals surface area contributed by atoms with Crippen LogP contribution < -0.4 is 11.5 Å². The van der Waals surface area contributed by atoms with Crippen LogP contribution in [0.4, 0.5) is 0 Å². The summed E-state index contributed by atoms with van der Waals surface area (Å²) in [4.78, 5) is 10.7. The summed E-state index contributed by atoms with van der Waals surface area (Å²) in [5.74, 6) is -0.526. The minimum atomic E-state index is -1.03. The normalized spacial score (nSPS) is 19.6. The molecule has 3 nitrogen and oxygen atoms in total. The van der Waals surface area contributed by atoms with E-state index < -0.39 is 11.4 Å². The van der Waals surface area contributed by atoms with Crippen molar-refractivity contribution >= 4 is 30.3 Å². The van der Waals surface area contributed by atoms with Gasteiger partial charge in [-0.05, 0) is 13.2 Å². The van der Waals surface area contributed by atoms with Crippen molar-refractivity contribution in [3.05, 3.63) is 0 Å². The monoisotopic (exact) mass is 180 g/mol. The van der Waals surface area contributed by atoms with Gasteiger partial charge in [0.25, 0.3) is 0 Å². The number of thioether (sulfide) groups is 1. The summed E-state index contributed by atoms with van der Waals surface area (Å²) < 4.78 is -0.245. The molecule has 5 heteroatoms. The van der Waals surface area contributed by atoms with Crippen LogP contribution in [0.5, 0.6) is 0 Å². The maximum Gasteiger partial charge on any atom is 0.239 e. The molecule has 2 atom stereocenters. The van der Waals surface area contributed by atoms with Gasteiger partial charge in [0.1, 0.15) is 5.54 Å². The molecule has 1 unspecified atom stereocenters. The minimum absolute atomic E-state index is 0.245. The third kappa shape index (κ3) is 2.07. The van der Waals surface area contributed by atoms with Crippen molar-refractivity contribution in [1.82, 2.24) is 0 Å². The zero-order valence-electron chi connectivity index (χ0n) is 6.00. The molecule has 10 heavy (non-hydrogen) atoms. The molecule has 4 N–H and O–H groups in total. The molecule has 0 aliphatic heterocycles. The minimum Gasteiger partial charge on any atom is -0.368 e. The molecule has 0 fully saturated rings. The quantitative estimate of drug-likeness (QED) is 0.416. The number of hydrogen-bond acceptors (Lipinski definition) is 4. The molecule has 0 spiro atoms. The maximum absolute atomic E-state index is 10.7. The van der Waals surface area contributed by atoms with E-state index in [1.807, 2.05) is 6.26 Å². The summed E-state index contributed by atoms with van der Waals surface area (Å²) in [5.41, 5.74) is 9.54. The molecule has 60 valence electrons. The van der Waals surface area contributed by atoms with Gasteiger partial charge >= 0.3 is 0 Å². The molecule has 0 rings (SSSR count). The molecule has 0 bridgehead atoms. The highest BCUT2D eigenvalue weighted by atomic mass is 32.2. The number of hydrogen-bond donors (Lipinski definition) is 3. The Balaban J connectivity index is 4.23. The van der Waals surface area contributed by atoms with Crippen LogP contribution in [-0.4, -0.2) is 22.3 Å². The van der Waals surface area contributed by atoms with Crippen LogP contribution >= 0.6 is 24.4 Å². The van der Waals surface area contributed by atoms with Gasteiger partial charge in [-0.1, -0.05) is 0 Å². The van der Waals surface area contributed by atoms with Crippen molar-refractivity contribution in [1.29, 1.82) is 0 Å². The molecule has 0 saturated carbocycles. The molecule has 1 amide bonds. The fourth-order valence-corrected chi connectivity index (χ4v) is 1.10. The van der Waals surface area contributed by atoms with E-state index in [1.54, 1.807) is 6.92 Å². The van der Waals surface area contributed by atoms with Crippen LogP contribution in [0.3, 0.4) is 0 Å². The number of amides is 1. The van der Waals surface area contributed by atoms with Crippen molar-refractivity contribution in [2.45, 2.75) is 17.0 Å². The summed E-state index contributed by atoms with van der Waals surface area (Å²) in [6.07, 6.45) is 1.83. The predicted octanol–water partition coefficient (Wildman–Crippen LogP) is -0.192. The van der Waals surface area contributed by atoms with Crippen LogP contribution in [0.2, 0.25) is 0 Å². The van der Waals surface area contributed by atoms with E-state index in [0.717, 1.165) is 0 Å². The van der Waals surface area contributed by atoms with E-state index in [1.165, 1.54) is 11.8 Å². The second kappa shape index (κ2) is 3.50. The fraction of sp³-hybridized carbons (Fsp3) is 0.800. The zero-order chi connectivity index (χ0) is 8.36. The molecule has 0 aromatic carbocycles.